The van der Waals surface area contributed by atoms with E-state index in [9.17, 15) is 5.11 Å². The van der Waals surface area contributed by atoms with Crippen LogP contribution in [0, 0.1) is 0 Å². The van der Waals surface area contributed by atoms with Crippen molar-refractivity contribution in [2.45, 2.75) is 63.9 Å². The predicted octanol–water partition coefficient (Wildman–Crippen LogP) is 3.55. The monoisotopic (exact) mass is 423 g/mol. The highest BCUT2D eigenvalue weighted by atomic mass is 127. The van der Waals surface area contributed by atoms with Crippen LogP contribution in [0.25, 0.3) is 0 Å². The molecule has 22 heavy (non-hydrogen) atoms. The zero-order chi connectivity index (χ0) is 15.6. The third-order valence-corrected chi connectivity index (χ3v) is 4.16. The highest BCUT2D eigenvalue weighted by Crippen LogP contribution is 2.29. The largest absolute Gasteiger partial charge is 0.388 e. The molecule has 1 saturated carbocycles. The second-order valence-electron chi connectivity index (χ2n) is 6.16. The fraction of sp³-hybridized carbons (Fsp3) is 0.824. The Hall–Kier alpha value is -0.300. The van der Waals surface area contributed by atoms with E-state index in [1.165, 1.54) is 19.3 Å². The van der Waals surface area contributed by atoms with Crippen LogP contribution in [-0.2, 0) is 0 Å². The average molecular weight is 423 g/mol. The molecule has 1 rings (SSSR count). The van der Waals surface area contributed by atoms with E-state index in [0.29, 0.717) is 6.54 Å². The molecule has 0 atom stereocenters. The van der Waals surface area contributed by atoms with Crippen LogP contribution in [0.4, 0.5) is 0 Å². The number of nitrogens with one attached hydrogen (secondary N) is 1. The summed E-state index contributed by atoms with van der Waals surface area (Å²) < 4.78 is 0. The Morgan fingerprint density at radius 1 is 1.32 bits per heavy atom. The van der Waals surface area contributed by atoms with E-state index in [4.69, 9.17) is 0 Å². The lowest BCUT2D eigenvalue weighted by molar-refractivity contribution is 0.0572. The molecule has 2 N–H and O–H groups in total. The molecule has 0 bridgehead atoms. The van der Waals surface area contributed by atoms with Gasteiger partial charge in [-0.05, 0) is 39.0 Å². The van der Waals surface area contributed by atoms with Gasteiger partial charge in [0.15, 0.2) is 5.96 Å². The number of nitrogens with zero attached hydrogens (tertiary/aromatic N) is 2. The predicted molar refractivity (Wildman–Crippen MR) is 106 cm³/mol. The average Bonchev–Trinajstić information content (AvgIpc) is 2.90. The number of halogens is 1. The maximum Gasteiger partial charge on any atom is 0.193 e. The maximum atomic E-state index is 10.4. The summed E-state index contributed by atoms with van der Waals surface area (Å²) in [5.74, 6) is 0.918. The van der Waals surface area contributed by atoms with Gasteiger partial charge in [-0.3, -0.25) is 4.99 Å². The molecular weight excluding hydrogens is 389 g/mol. The first-order valence-electron chi connectivity index (χ1n) is 8.44. The Morgan fingerprint density at radius 2 is 2.00 bits per heavy atom. The Labute approximate surface area is 153 Å². The minimum absolute atomic E-state index is 0. The van der Waals surface area contributed by atoms with Crippen LogP contribution in [0.5, 0.6) is 0 Å². The van der Waals surface area contributed by atoms with Crippen LogP contribution in [0.3, 0.4) is 0 Å². The summed E-state index contributed by atoms with van der Waals surface area (Å²) in [5.41, 5.74) is -0.564. The van der Waals surface area contributed by atoms with Gasteiger partial charge in [0.2, 0.25) is 0 Å². The lowest BCUT2D eigenvalue weighted by Crippen LogP contribution is -2.41. The molecule has 0 spiro atoms. The van der Waals surface area contributed by atoms with Gasteiger partial charge in [-0.15, -0.1) is 30.6 Å². The van der Waals surface area contributed by atoms with Crippen molar-refractivity contribution in [3.05, 3.63) is 12.7 Å². The number of hydrogen-bond acceptors (Lipinski definition) is 2. The van der Waals surface area contributed by atoms with E-state index in [-0.39, 0.29) is 24.0 Å². The summed E-state index contributed by atoms with van der Waals surface area (Å²) in [7, 11) is 2.08. The van der Waals surface area contributed by atoms with Gasteiger partial charge in [-0.25, -0.2) is 0 Å². The molecule has 0 saturated heterocycles. The molecule has 0 radical (unpaired) electrons. The highest BCUT2D eigenvalue weighted by molar-refractivity contribution is 14.0. The van der Waals surface area contributed by atoms with E-state index >= 15 is 0 Å². The molecule has 4 nitrogen and oxygen atoms in total. The molecule has 0 unspecified atom stereocenters. The fourth-order valence-corrected chi connectivity index (χ4v) is 2.80. The second-order valence-corrected chi connectivity index (χ2v) is 6.16. The third-order valence-electron chi connectivity index (χ3n) is 4.16. The van der Waals surface area contributed by atoms with Crippen molar-refractivity contribution in [3.63, 3.8) is 0 Å². The molecule has 1 aliphatic carbocycles. The molecular formula is C17H34IN3O. The van der Waals surface area contributed by atoms with Crippen molar-refractivity contribution in [3.8, 4) is 0 Å². The van der Waals surface area contributed by atoms with E-state index in [0.717, 1.165) is 51.2 Å². The van der Waals surface area contributed by atoms with Gasteiger partial charge in [-0.1, -0.05) is 25.3 Å². The minimum atomic E-state index is -0.564. The van der Waals surface area contributed by atoms with E-state index in [1.54, 1.807) is 0 Å². The molecule has 0 aliphatic heterocycles. The maximum absolute atomic E-state index is 10.4. The molecule has 130 valence electrons. The van der Waals surface area contributed by atoms with Crippen molar-refractivity contribution in [2.24, 2.45) is 4.99 Å². The summed E-state index contributed by atoms with van der Waals surface area (Å²) in [6.07, 6.45) is 10.7. The lowest BCUT2D eigenvalue weighted by atomic mass is 10.0. The topological polar surface area (TPSA) is 47.9 Å². The van der Waals surface area contributed by atoms with Crippen LogP contribution >= 0.6 is 24.0 Å². The van der Waals surface area contributed by atoms with Crippen LogP contribution < -0.4 is 5.32 Å². The van der Waals surface area contributed by atoms with Gasteiger partial charge in [0.25, 0.3) is 0 Å². The Kier molecular flexibility index (Phi) is 12.0. The number of aliphatic hydroxyl groups is 1. The van der Waals surface area contributed by atoms with Gasteiger partial charge in [0.05, 0.1) is 12.1 Å². The lowest BCUT2D eigenvalue weighted by Gasteiger charge is -2.25. The number of rotatable bonds is 9. The van der Waals surface area contributed by atoms with Crippen LogP contribution in [0.1, 0.15) is 58.3 Å². The first-order valence-corrected chi connectivity index (χ1v) is 8.44. The first-order chi connectivity index (χ1) is 10.1. The van der Waals surface area contributed by atoms with Gasteiger partial charge < -0.3 is 15.3 Å². The zero-order valence-electron chi connectivity index (χ0n) is 14.3. The van der Waals surface area contributed by atoms with Crippen LogP contribution in [0.15, 0.2) is 17.6 Å². The van der Waals surface area contributed by atoms with Crippen molar-refractivity contribution in [1.29, 1.82) is 0 Å². The molecule has 0 amide bonds. The van der Waals surface area contributed by atoms with Crippen molar-refractivity contribution in [2.75, 3.05) is 26.7 Å². The Morgan fingerprint density at radius 3 is 2.59 bits per heavy atom. The SMILES string of the molecule is C=CCCCCCN(C)C(=NCC1(O)CCCC1)NCC.I. The van der Waals surface area contributed by atoms with Gasteiger partial charge in [0.1, 0.15) is 0 Å². The summed E-state index contributed by atoms with van der Waals surface area (Å²) in [6.45, 7) is 8.22. The van der Waals surface area contributed by atoms with Crippen molar-refractivity contribution < 1.29 is 5.11 Å². The number of aliphatic imine (C=N–C) groups is 1. The van der Waals surface area contributed by atoms with Crippen LogP contribution in [-0.4, -0.2) is 48.2 Å². The summed E-state index contributed by atoms with van der Waals surface area (Å²) in [5, 5.41) is 13.7. The normalized spacial score (nSPS) is 17.0. The van der Waals surface area contributed by atoms with Gasteiger partial charge in [0, 0.05) is 20.1 Å². The highest BCUT2D eigenvalue weighted by Gasteiger charge is 2.30. The van der Waals surface area contributed by atoms with Gasteiger partial charge in [-0.2, -0.15) is 0 Å². The van der Waals surface area contributed by atoms with Crippen molar-refractivity contribution in [1.82, 2.24) is 10.2 Å². The van der Waals surface area contributed by atoms with E-state index < -0.39 is 5.60 Å². The molecule has 0 aromatic rings. The number of guanidine groups is 1. The summed E-state index contributed by atoms with van der Waals surface area (Å²) in [6, 6.07) is 0. The number of unbranched alkanes of at least 4 members (excludes halogenated alkanes) is 3. The second kappa shape index (κ2) is 12.2. The zero-order valence-corrected chi connectivity index (χ0v) is 16.6. The van der Waals surface area contributed by atoms with E-state index in [1.807, 2.05) is 6.08 Å². The van der Waals surface area contributed by atoms with E-state index in [2.05, 4.69) is 35.8 Å². The molecule has 1 fully saturated rings. The molecule has 1 aliphatic rings. The molecule has 0 heterocycles. The summed E-state index contributed by atoms with van der Waals surface area (Å²) in [4.78, 5) is 6.82. The Bertz CT molecular complexity index is 328. The number of allylic oxidation sites excluding steroid dienone is 1. The Balaban J connectivity index is 0.00000441. The first kappa shape index (κ1) is 21.7. The minimum Gasteiger partial charge on any atom is -0.388 e. The molecule has 5 heteroatoms. The smallest absolute Gasteiger partial charge is 0.193 e. The van der Waals surface area contributed by atoms with Gasteiger partial charge >= 0.3 is 0 Å². The summed E-state index contributed by atoms with van der Waals surface area (Å²) >= 11 is 0. The molecule has 0 aromatic carbocycles. The van der Waals surface area contributed by atoms with Crippen LogP contribution in [0.2, 0.25) is 0 Å². The third kappa shape index (κ3) is 8.36. The quantitative estimate of drug-likeness (QED) is 0.196. The molecule has 0 aromatic heterocycles. The fourth-order valence-electron chi connectivity index (χ4n) is 2.80. The number of hydrogen-bond donors (Lipinski definition) is 2. The standard InChI is InChI=1S/C17H33N3O.HI/c1-4-6-7-8-11-14-20(3)16(18-5-2)19-15-17(21)12-9-10-13-17;/h4,21H,1,5-15H2,2-3H3,(H,18,19);1H. The van der Waals surface area contributed by atoms with Crippen molar-refractivity contribution >= 4 is 29.9 Å².